The normalized spacial score (nSPS) is 11.9. The first-order chi connectivity index (χ1) is 11.6. The van der Waals surface area contributed by atoms with Gasteiger partial charge in [-0.1, -0.05) is 42.5 Å². The van der Waals surface area contributed by atoms with Gasteiger partial charge in [0.2, 0.25) is 0 Å². The van der Waals surface area contributed by atoms with Gasteiger partial charge in [-0.25, -0.2) is 8.78 Å². The van der Waals surface area contributed by atoms with Crippen LogP contribution in [0.4, 0.5) is 8.78 Å². The highest BCUT2D eigenvalue weighted by Gasteiger charge is 2.19. The van der Waals surface area contributed by atoms with Crippen molar-refractivity contribution in [2.75, 3.05) is 0 Å². The highest BCUT2D eigenvalue weighted by atomic mass is 19.1. The van der Waals surface area contributed by atoms with E-state index in [4.69, 9.17) is 0 Å². The van der Waals surface area contributed by atoms with Gasteiger partial charge in [-0.05, 0) is 47.5 Å². The summed E-state index contributed by atoms with van der Waals surface area (Å²) in [6.07, 6.45) is 0.237. The molecule has 0 aromatic heterocycles. The molecule has 0 aliphatic heterocycles. The third-order valence-corrected chi connectivity index (χ3v) is 4.03. The first-order valence-electron chi connectivity index (χ1n) is 7.72. The molecular weight excluding hydrogens is 306 g/mol. The van der Waals surface area contributed by atoms with E-state index in [1.54, 1.807) is 12.1 Å². The van der Waals surface area contributed by atoms with Crippen molar-refractivity contribution in [1.82, 2.24) is 0 Å². The lowest BCUT2D eigenvalue weighted by Crippen LogP contribution is -2.09. The Morgan fingerprint density at radius 2 is 1.21 bits per heavy atom. The van der Waals surface area contributed by atoms with Crippen molar-refractivity contribution in [3.05, 3.63) is 107 Å². The number of ketones is 1. The topological polar surface area (TPSA) is 17.1 Å². The Balaban J connectivity index is 1.91. The number of hydrogen-bond acceptors (Lipinski definition) is 1. The van der Waals surface area contributed by atoms with Gasteiger partial charge in [0.05, 0.1) is 0 Å². The van der Waals surface area contributed by atoms with Gasteiger partial charge in [-0.2, -0.15) is 0 Å². The average Bonchev–Trinajstić information content (AvgIpc) is 2.62. The molecule has 0 spiro atoms. The molecule has 120 valence electrons. The summed E-state index contributed by atoms with van der Waals surface area (Å²) in [5.74, 6) is -0.933. The molecule has 0 saturated carbocycles. The van der Waals surface area contributed by atoms with E-state index in [0.717, 1.165) is 11.1 Å². The van der Waals surface area contributed by atoms with Crippen molar-refractivity contribution in [1.29, 1.82) is 0 Å². The molecule has 0 amide bonds. The van der Waals surface area contributed by atoms with E-state index in [2.05, 4.69) is 0 Å². The summed E-state index contributed by atoms with van der Waals surface area (Å²) in [5, 5.41) is 0. The smallest absolute Gasteiger partial charge is 0.163 e. The van der Waals surface area contributed by atoms with Crippen LogP contribution in [0.25, 0.3) is 0 Å². The fraction of sp³-hybridized carbons (Fsp3) is 0.0952. The van der Waals surface area contributed by atoms with Crippen molar-refractivity contribution in [2.45, 2.75) is 12.3 Å². The monoisotopic (exact) mass is 322 g/mol. The SMILES string of the molecule is O=C(CC(c1ccccc1)c1ccc(F)cc1)c1ccc(F)cc1. The van der Waals surface area contributed by atoms with Crippen LogP contribution in [0.1, 0.15) is 33.8 Å². The van der Waals surface area contributed by atoms with Crippen LogP contribution in [0.5, 0.6) is 0 Å². The molecule has 0 bridgehead atoms. The summed E-state index contributed by atoms with van der Waals surface area (Å²) < 4.78 is 26.2. The Morgan fingerprint density at radius 3 is 1.79 bits per heavy atom. The maximum absolute atomic E-state index is 13.2. The Morgan fingerprint density at radius 1 is 0.708 bits per heavy atom. The van der Waals surface area contributed by atoms with Gasteiger partial charge >= 0.3 is 0 Å². The van der Waals surface area contributed by atoms with E-state index >= 15 is 0 Å². The zero-order chi connectivity index (χ0) is 16.9. The highest BCUT2D eigenvalue weighted by Crippen LogP contribution is 2.29. The molecule has 3 rings (SSSR count). The third kappa shape index (κ3) is 3.74. The quantitative estimate of drug-likeness (QED) is 0.577. The van der Waals surface area contributed by atoms with Gasteiger partial charge < -0.3 is 0 Å². The van der Waals surface area contributed by atoms with Crippen molar-refractivity contribution >= 4 is 5.78 Å². The standard InChI is InChI=1S/C21H16F2O/c22-18-10-6-16(7-11-18)20(15-4-2-1-3-5-15)14-21(24)17-8-12-19(23)13-9-17/h1-13,20H,14H2. The lowest BCUT2D eigenvalue weighted by Gasteiger charge is -2.17. The Bertz CT molecular complexity index is 809. The summed E-state index contributed by atoms with van der Waals surface area (Å²) in [4.78, 5) is 12.6. The Kier molecular flexibility index (Phi) is 4.80. The van der Waals surface area contributed by atoms with E-state index in [-0.39, 0.29) is 29.8 Å². The molecule has 0 heterocycles. The predicted molar refractivity (Wildman–Crippen MR) is 90.0 cm³/mol. The number of carbonyl (C=O) groups is 1. The molecule has 0 aliphatic carbocycles. The number of halogens is 2. The molecule has 3 aromatic rings. The molecule has 0 fully saturated rings. The van der Waals surface area contributed by atoms with Crippen LogP contribution in [0.2, 0.25) is 0 Å². The fourth-order valence-corrected chi connectivity index (χ4v) is 2.75. The minimum atomic E-state index is -0.371. The molecule has 0 aliphatic rings. The van der Waals surface area contributed by atoms with Crippen LogP contribution in [0, 0.1) is 11.6 Å². The van der Waals surface area contributed by atoms with Gasteiger partial charge in [0, 0.05) is 17.9 Å². The summed E-state index contributed by atoms with van der Waals surface area (Å²) in [7, 11) is 0. The number of carbonyl (C=O) groups excluding carboxylic acids is 1. The molecule has 0 N–H and O–H groups in total. The Labute approximate surface area is 139 Å². The summed E-state index contributed by atoms with van der Waals surface area (Å²) in [6, 6.07) is 21.4. The van der Waals surface area contributed by atoms with Gasteiger partial charge in [-0.15, -0.1) is 0 Å². The Hall–Kier alpha value is -2.81. The second-order valence-electron chi connectivity index (χ2n) is 5.65. The van der Waals surface area contributed by atoms with Gasteiger partial charge in [-0.3, -0.25) is 4.79 Å². The molecule has 24 heavy (non-hydrogen) atoms. The van der Waals surface area contributed by atoms with Crippen molar-refractivity contribution < 1.29 is 13.6 Å². The summed E-state index contributed by atoms with van der Waals surface area (Å²) in [5.41, 5.74) is 2.33. The highest BCUT2D eigenvalue weighted by molar-refractivity contribution is 5.96. The average molecular weight is 322 g/mol. The van der Waals surface area contributed by atoms with Crippen LogP contribution >= 0.6 is 0 Å². The molecule has 3 aromatic carbocycles. The lowest BCUT2D eigenvalue weighted by molar-refractivity contribution is 0.0977. The molecule has 1 nitrogen and oxygen atoms in total. The van der Waals surface area contributed by atoms with Crippen molar-refractivity contribution in [3.63, 3.8) is 0 Å². The van der Waals surface area contributed by atoms with Crippen molar-refractivity contribution in [2.24, 2.45) is 0 Å². The van der Waals surface area contributed by atoms with Crippen molar-refractivity contribution in [3.8, 4) is 0 Å². The lowest BCUT2D eigenvalue weighted by atomic mass is 9.86. The minimum absolute atomic E-state index is 0.0758. The maximum atomic E-state index is 13.2. The fourth-order valence-electron chi connectivity index (χ4n) is 2.75. The zero-order valence-electron chi connectivity index (χ0n) is 13.0. The summed E-state index contributed by atoms with van der Waals surface area (Å²) in [6.45, 7) is 0. The van der Waals surface area contributed by atoms with E-state index in [1.807, 2.05) is 30.3 Å². The van der Waals surface area contributed by atoms with E-state index in [1.165, 1.54) is 36.4 Å². The molecule has 3 heteroatoms. The van der Waals surface area contributed by atoms with Gasteiger partial charge in [0.1, 0.15) is 11.6 Å². The van der Waals surface area contributed by atoms with Crippen LogP contribution in [-0.4, -0.2) is 5.78 Å². The van der Waals surface area contributed by atoms with Crippen LogP contribution < -0.4 is 0 Å². The van der Waals surface area contributed by atoms with Crippen LogP contribution in [-0.2, 0) is 0 Å². The first kappa shape index (κ1) is 16.1. The van der Waals surface area contributed by atoms with Crippen LogP contribution in [0.3, 0.4) is 0 Å². The molecule has 0 radical (unpaired) electrons. The number of rotatable bonds is 5. The minimum Gasteiger partial charge on any atom is -0.294 e. The molecular formula is C21H16F2O. The molecule has 1 unspecified atom stereocenters. The predicted octanol–water partition coefficient (Wildman–Crippen LogP) is 5.37. The van der Waals surface area contributed by atoms with E-state index in [9.17, 15) is 13.6 Å². The largest absolute Gasteiger partial charge is 0.294 e. The van der Waals surface area contributed by atoms with E-state index < -0.39 is 0 Å². The number of Topliss-reactive ketones (excluding diaryl/α,β-unsaturated/α-hetero) is 1. The molecule has 1 atom stereocenters. The second-order valence-corrected chi connectivity index (χ2v) is 5.65. The maximum Gasteiger partial charge on any atom is 0.163 e. The summed E-state index contributed by atoms with van der Waals surface area (Å²) >= 11 is 0. The number of hydrogen-bond donors (Lipinski definition) is 0. The van der Waals surface area contributed by atoms with E-state index in [0.29, 0.717) is 5.56 Å². The third-order valence-electron chi connectivity index (χ3n) is 4.03. The number of benzene rings is 3. The zero-order valence-corrected chi connectivity index (χ0v) is 13.0. The molecule has 0 saturated heterocycles. The first-order valence-corrected chi connectivity index (χ1v) is 7.72. The van der Waals surface area contributed by atoms with Gasteiger partial charge in [0.15, 0.2) is 5.78 Å². The van der Waals surface area contributed by atoms with Crippen LogP contribution in [0.15, 0.2) is 78.9 Å². The van der Waals surface area contributed by atoms with Gasteiger partial charge in [0.25, 0.3) is 0 Å². The second kappa shape index (κ2) is 7.18.